The first-order valence-electron chi connectivity index (χ1n) is 7.39. The molecular weight excluding hydrogens is 236 g/mol. The predicted octanol–water partition coefficient (Wildman–Crippen LogP) is 3.10. The zero-order chi connectivity index (χ0) is 13.7. The summed E-state index contributed by atoms with van der Waals surface area (Å²) < 4.78 is 5.82. The van der Waals surface area contributed by atoms with Crippen molar-refractivity contribution in [3.8, 4) is 0 Å². The topological polar surface area (TPSA) is 38.5 Å². The van der Waals surface area contributed by atoms with Crippen molar-refractivity contribution in [2.75, 3.05) is 25.1 Å². The van der Waals surface area contributed by atoms with Crippen LogP contribution < -0.4 is 10.6 Å². The van der Waals surface area contributed by atoms with Crippen LogP contribution in [0, 0.1) is 0 Å². The van der Waals surface area contributed by atoms with Crippen LogP contribution in [0.25, 0.3) is 0 Å². The average molecular weight is 262 g/mol. The molecule has 106 valence electrons. The Kier molecular flexibility index (Phi) is 5.23. The van der Waals surface area contributed by atoms with Crippen LogP contribution in [0.2, 0.25) is 0 Å². The van der Waals surface area contributed by atoms with Crippen LogP contribution in [-0.4, -0.2) is 26.3 Å². The molecule has 1 aromatic rings. The highest BCUT2D eigenvalue weighted by molar-refractivity contribution is 5.54. The zero-order valence-corrected chi connectivity index (χ0v) is 12.1. The lowest BCUT2D eigenvalue weighted by Crippen LogP contribution is -2.34. The lowest BCUT2D eigenvalue weighted by molar-refractivity contribution is 0.0216. The normalized spacial score (nSPS) is 21.1. The molecule has 3 nitrogen and oxygen atoms in total. The molecule has 0 radical (unpaired) electrons. The third kappa shape index (κ3) is 3.71. The fraction of sp³-hybridized carbons (Fsp3) is 0.625. The summed E-state index contributed by atoms with van der Waals surface area (Å²) in [6.45, 7) is 3.99. The quantitative estimate of drug-likeness (QED) is 0.886. The maximum absolute atomic E-state index is 6.21. The number of rotatable bonds is 5. The second kappa shape index (κ2) is 6.92. The van der Waals surface area contributed by atoms with Gasteiger partial charge in [0.1, 0.15) is 0 Å². The molecule has 19 heavy (non-hydrogen) atoms. The SMILES string of the molecule is CCC(N)c1ccccc1N(C)CC1CCCCO1. The summed E-state index contributed by atoms with van der Waals surface area (Å²) in [7, 11) is 2.14. The summed E-state index contributed by atoms with van der Waals surface area (Å²) in [5.74, 6) is 0. The van der Waals surface area contributed by atoms with E-state index in [4.69, 9.17) is 10.5 Å². The van der Waals surface area contributed by atoms with Gasteiger partial charge >= 0.3 is 0 Å². The molecule has 2 rings (SSSR count). The van der Waals surface area contributed by atoms with E-state index in [0.717, 1.165) is 19.6 Å². The number of para-hydroxylation sites is 1. The summed E-state index contributed by atoms with van der Waals surface area (Å²) in [4.78, 5) is 2.29. The van der Waals surface area contributed by atoms with Crippen molar-refractivity contribution >= 4 is 5.69 Å². The maximum Gasteiger partial charge on any atom is 0.0749 e. The van der Waals surface area contributed by atoms with Crippen LogP contribution in [0.4, 0.5) is 5.69 Å². The van der Waals surface area contributed by atoms with E-state index >= 15 is 0 Å². The standard InChI is InChI=1S/C16H26N2O/c1-3-15(17)14-9-4-5-10-16(14)18(2)12-13-8-6-7-11-19-13/h4-5,9-10,13,15H,3,6-8,11-12,17H2,1-2H3. The highest BCUT2D eigenvalue weighted by atomic mass is 16.5. The number of hydrogen-bond acceptors (Lipinski definition) is 3. The highest BCUT2D eigenvalue weighted by Crippen LogP contribution is 2.27. The third-order valence-corrected chi connectivity index (χ3v) is 3.94. The smallest absolute Gasteiger partial charge is 0.0749 e. The minimum atomic E-state index is 0.117. The minimum absolute atomic E-state index is 0.117. The molecule has 1 saturated heterocycles. The van der Waals surface area contributed by atoms with Crippen LogP contribution in [0.5, 0.6) is 0 Å². The highest BCUT2D eigenvalue weighted by Gasteiger charge is 2.18. The Hall–Kier alpha value is -1.06. The molecule has 0 bridgehead atoms. The molecular formula is C16H26N2O. The Bertz CT molecular complexity index is 388. The van der Waals surface area contributed by atoms with Crippen molar-refractivity contribution in [1.29, 1.82) is 0 Å². The lowest BCUT2D eigenvalue weighted by Gasteiger charge is -2.30. The largest absolute Gasteiger partial charge is 0.376 e. The van der Waals surface area contributed by atoms with Gasteiger partial charge in [0.25, 0.3) is 0 Å². The first kappa shape index (κ1) is 14.4. The van der Waals surface area contributed by atoms with Crippen molar-refractivity contribution in [2.24, 2.45) is 5.73 Å². The first-order valence-corrected chi connectivity index (χ1v) is 7.39. The molecule has 1 fully saturated rings. The van der Waals surface area contributed by atoms with Crippen molar-refractivity contribution in [1.82, 2.24) is 0 Å². The van der Waals surface area contributed by atoms with E-state index in [1.54, 1.807) is 0 Å². The van der Waals surface area contributed by atoms with Gasteiger partial charge in [-0.3, -0.25) is 0 Å². The molecule has 2 atom stereocenters. The first-order chi connectivity index (χ1) is 9.22. The summed E-state index contributed by atoms with van der Waals surface area (Å²) in [6, 6.07) is 8.57. The van der Waals surface area contributed by atoms with Crippen molar-refractivity contribution in [3.63, 3.8) is 0 Å². The second-order valence-electron chi connectivity index (χ2n) is 5.44. The molecule has 2 N–H and O–H groups in total. The number of anilines is 1. The van der Waals surface area contributed by atoms with Gasteiger partial charge < -0.3 is 15.4 Å². The van der Waals surface area contributed by atoms with Crippen LogP contribution in [-0.2, 0) is 4.74 Å². The lowest BCUT2D eigenvalue weighted by atomic mass is 10.0. The monoisotopic (exact) mass is 262 g/mol. The molecule has 1 aliphatic rings. The summed E-state index contributed by atoms with van der Waals surface area (Å²) in [5.41, 5.74) is 8.69. The van der Waals surface area contributed by atoms with Crippen LogP contribution in [0.15, 0.2) is 24.3 Å². The Balaban J connectivity index is 2.07. The summed E-state index contributed by atoms with van der Waals surface area (Å²) in [5, 5.41) is 0. The number of benzene rings is 1. The Morgan fingerprint density at radius 1 is 1.37 bits per heavy atom. The molecule has 0 spiro atoms. The van der Waals surface area contributed by atoms with Gasteiger partial charge in [-0.1, -0.05) is 25.1 Å². The van der Waals surface area contributed by atoms with E-state index in [9.17, 15) is 0 Å². The number of ether oxygens (including phenoxy) is 1. The number of likely N-dealkylation sites (N-methyl/N-ethyl adjacent to an activating group) is 1. The summed E-state index contributed by atoms with van der Waals surface area (Å²) >= 11 is 0. The Morgan fingerprint density at radius 3 is 2.84 bits per heavy atom. The molecule has 0 amide bonds. The fourth-order valence-electron chi connectivity index (χ4n) is 2.72. The molecule has 1 heterocycles. The third-order valence-electron chi connectivity index (χ3n) is 3.94. The van der Waals surface area contributed by atoms with Gasteiger partial charge in [0.15, 0.2) is 0 Å². The average Bonchev–Trinajstić information content (AvgIpc) is 2.47. The number of hydrogen-bond donors (Lipinski definition) is 1. The Labute approximate surface area is 116 Å². The summed E-state index contributed by atoms with van der Waals surface area (Å²) in [6.07, 6.45) is 4.99. The molecule has 3 heteroatoms. The van der Waals surface area contributed by atoms with Gasteiger partial charge in [-0.25, -0.2) is 0 Å². The van der Waals surface area contributed by atoms with Gasteiger partial charge in [-0.15, -0.1) is 0 Å². The van der Waals surface area contributed by atoms with Crippen molar-refractivity contribution < 1.29 is 4.74 Å². The van der Waals surface area contributed by atoms with E-state index in [1.165, 1.54) is 30.5 Å². The van der Waals surface area contributed by atoms with E-state index in [1.807, 2.05) is 0 Å². The Morgan fingerprint density at radius 2 is 2.16 bits per heavy atom. The van der Waals surface area contributed by atoms with E-state index in [-0.39, 0.29) is 6.04 Å². The molecule has 1 aromatic carbocycles. The molecule has 0 saturated carbocycles. The van der Waals surface area contributed by atoms with Gasteiger partial charge in [0.2, 0.25) is 0 Å². The maximum atomic E-state index is 6.21. The minimum Gasteiger partial charge on any atom is -0.376 e. The van der Waals surface area contributed by atoms with Gasteiger partial charge in [-0.05, 0) is 37.3 Å². The van der Waals surface area contributed by atoms with Gasteiger partial charge in [0, 0.05) is 31.9 Å². The predicted molar refractivity (Wildman–Crippen MR) is 80.5 cm³/mol. The van der Waals surface area contributed by atoms with Gasteiger partial charge in [0.05, 0.1) is 6.10 Å². The van der Waals surface area contributed by atoms with Crippen LogP contribution in [0.1, 0.15) is 44.2 Å². The fourth-order valence-corrected chi connectivity index (χ4v) is 2.72. The van der Waals surface area contributed by atoms with E-state index < -0.39 is 0 Å². The molecule has 1 aliphatic heterocycles. The van der Waals surface area contributed by atoms with Crippen molar-refractivity contribution in [2.45, 2.75) is 44.8 Å². The number of nitrogens with two attached hydrogens (primary N) is 1. The molecule has 0 aliphatic carbocycles. The molecule has 2 unspecified atom stereocenters. The number of nitrogens with zero attached hydrogens (tertiary/aromatic N) is 1. The molecule has 0 aromatic heterocycles. The van der Waals surface area contributed by atoms with Gasteiger partial charge in [-0.2, -0.15) is 0 Å². The van der Waals surface area contributed by atoms with E-state index in [0.29, 0.717) is 6.10 Å². The van der Waals surface area contributed by atoms with Crippen LogP contribution in [0.3, 0.4) is 0 Å². The second-order valence-corrected chi connectivity index (χ2v) is 5.44. The zero-order valence-electron chi connectivity index (χ0n) is 12.1. The van der Waals surface area contributed by atoms with Crippen molar-refractivity contribution in [3.05, 3.63) is 29.8 Å². The van der Waals surface area contributed by atoms with E-state index in [2.05, 4.69) is 43.1 Å². The van der Waals surface area contributed by atoms with Crippen LogP contribution >= 0.6 is 0 Å².